The fourth-order valence-corrected chi connectivity index (χ4v) is 2.68. The van der Waals surface area contributed by atoms with Gasteiger partial charge in [0.05, 0.1) is 5.69 Å². The second-order valence-corrected chi connectivity index (χ2v) is 6.02. The van der Waals surface area contributed by atoms with Crippen molar-refractivity contribution in [3.63, 3.8) is 0 Å². The first-order valence-electron chi connectivity index (χ1n) is 7.98. The van der Waals surface area contributed by atoms with Gasteiger partial charge in [-0.15, -0.1) is 0 Å². The molecule has 0 aliphatic carbocycles. The highest BCUT2D eigenvalue weighted by Gasteiger charge is 2.34. The molecule has 0 spiro atoms. The minimum Gasteiger partial charge on any atom is -0.381 e. The lowest BCUT2D eigenvalue weighted by Crippen LogP contribution is -2.07. The minimum absolute atomic E-state index is 0.277. The predicted molar refractivity (Wildman–Crippen MR) is 91.8 cm³/mol. The van der Waals surface area contributed by atoms with Crippen LogP contribution in [0.4, 0.5) is 23.2 Å². The third kappa shape index (κ3) is 3.71. The van der Waals surface area contributed by atoms with Crippen LogP contribution in [0.1, 0.15) is 22.5 Å². The lowest BCUT2D eigenvalue weighted by molar-refractivity contribution is -0.141. The third-order valence-corrected chi connectivity index (χ3v) is 4.11. The molecule has 0 aliphatic heterocycles. The van der Waals surface area contributed by atoms with E-state index in [1.807, 2.05) is 13.0 Å². The maximum atomic E-state index is 13.8. The van der Waals surface area contributed by atoms with Gasteiger partial charge in [0.25, 0.3) is 0 Å². The number of alkyl halides is 3. The van der Waals surface area contributed by atoms with Gasteiger partial charge in [-0.2, -0.15) is 18.3 Å². The Bertz CT molecular complexity index is 891. The summed E-state index contributed by atoms with van der Waals surface area (Å²) >= 11 is 0. The fraction of sp³-hybridized carbons (Fsp3) is 0.211. The van der Waals surface area contributed by atoms with Crippen LogP contribution in [0, 0.1) is 19.7 Å². The minimum atomic E-state index is -4.48. The van der Waals surface area contributed by atoms with Gasteiger partial charge in [-0.05, 0) is 55.8 Å². The molecule has 7 heteroatoms. The molecule has 0 amide bonds. The number of rotatable bonds is 4. The first-order valence-corrected chi connectivity index (χ1v) is 7.98. The van der Waals surface area contributed by atoms with Crippen LogP contribution in [0.2, 0.25) is 0 Å². The topological polar surface area (TPSA) is 29.9 Å². The summed E-state index contributed by atoms with van der Waals surface area (Å²) in [6, 6.07) is 12.7. The highest BCUT2D eigenvalue weighted by Crippen LogP contribution is 2.29. The summed E-state index contributed by atoms with van der Waals surface area (Å²) in [6.45, 7) is 3.72. The molecule has 26 heavy (non-hydrogen) atoms. The Morgan fingerprint density at radius 1 is 1.04 bits per heavy atom. The average Bonchev–Trinajstić information content (AvgIpc) is 2.97. The van der Waals surface area contributed by atoms with Gasteiger partial charge in [-0.3, -0.25) is 0 Å². The molecule has 0 fully saturated rings. The van der Waals surface area contributed by atoms with E-state index >= 15 is 0 Å². The van der Waals surface area contributed by atoms with E-state index in [1.54, 1.807) is 37.3 Å². The Hall–Kier alpha value is -2.83. The number of aromatic nitrogens is 2. The van der Waals surface area contributed by atoms with Crippen LogP contribution in [0.3, 0.4) is 0 Å². The van der Waals surface area contributed by atoms with E-state index in [-0.39, 0.29) is 5.82 Å². The Balaban J connectivity index is 1.76. The quantitative estimate of drug-likeness (QED) is 0.641. The molecule has 0 aliphatic rings. The number of nitrogens with zero attached hydrogens (tertiary/aromatic N) is 2. The molecule has 136 valence electrons. The zero-order valence-corrected chi connectivity index (χ0v) is 14.2. The summed E-state index contributed by atoms with van der Waals surface area (Å²) in [4.78, 5) is 0. The number of nitrogens with one attached hydrogen (secondary N) is 1. The molecule has 0 saturated carbocycles. The summed E-state index contributed by atoms with van der Waals surface area (Å²) in [6.07, 6.45) is -4.48. The smallest absolute Gasteiger partial charge is 0.381 e. The summed E-state index contributed by atoms with van der Waals surface area (Å²) in [7, 11) is 0. The van der Waals surface area contributed by atoms with Crippen LogP contribution in [-0.4, -0.2) is 9.78 Å². The first-order chi connectivity index (χ1) is 12.3. The Morgan fingerprint density at radius 2 is 1.73 bits per heavy atom. The third-order valence-electron chi connectivity index (χ3n) is 4.11. The molecular formula is C19H17F4N3. The molecule has 1 aromatic heterocycles. The van der Waals surface area contributed by atoms with Crippen molar-refractivity contribution in [1.29, 1.82) is 0 Å². The van der Waals surface area contributed by atoms with Crippen molar-refractivity contribution < 1.29 is 17.6 Å². The normalized spacial score (nSPS) is 11.6. The summed E-state index contributed by atoms with van der Waals surface area (Å²) in [5.74, 6) is -0.277. The molecule has 2 aromatic carbocycles. The van der Waals surface area contributed by atoms with Gasteiger partial charge in [-0.25, -0.2) is 9.07 Å². The van der Waals surface area contributed by atoms with Crippen LogP contribution >= 0.6 is 0 Å². The van der Waals surface area contributed by atoms with E-state index in [0.29, 0.717) is 23.5 Å². The maximum absolute atomic E-state index is 13.8. The zero-order chi connectivity index (χ0) is 18.9. The predicted octanol–water partition coefficient (Wildman–Crippen LogP) is 5.26. The van der Waals surface area contributed by atoms with E-state index in [0.717, 1.165) is 17.3 Å². The lowest BCUT2D eigenvalue weighted by atomic mass is 10.1. The Labute approximate surface area is 148 Å². The van der Waals surface area contributed by atoms with Crippen molar-refractivity contribution in [3.8, 4) is 5.69 Å². The molecule has 1 N–H and O–H groups in total. The number of hydrogen-bond donors (Lipinski definition) is 1. The van der Waals surface area contributed by atoms with Gasteiger partial charge in [-0.1, -0.05) is 12.1 Å². The van der Waals surface area contributed by atoms with Crippen molar-refractivity contribution >= 4 is 5.69 Å². The maximum Gasteiger partial charge on any atom is 0.435 e. The van der Waals surface area contributed by atoms with Gasteiger partial charge in [0.1, 0.15) is 5.82 Å². The van der Waals surface area contributed by atoms with Gasteiger partial charge in [0.2, 0.25) is 0 Å². The molecule has 3 rings (SSSR count). The van der Waals surface area contributed by atoms with Gasteiger partial charge in [0, 0.05) is 23.5 Å². The molecule has 3 aromatic rings. The number of benzene rings is 2. The number of anilines is 1. The Kier molecular flexibility index (Phi) is 4.71. The summed E-state index contributed by atoms with van der Waals surface area (Å²) in [5.41, 5.74) is 2.14. The van der Waals surface area contributed by atoms with Crippen molar-refractivity contribution in [1.82, 2.24) is 9.78 Å². The summed E-state index contributed by atoms with van der Waals surface area (Å²) < 4.78 is 53.4. The molecule has 0 saturated heterocycles. The van der Waals surface area contributed by atoms with E-state index in [2.05, 4.69) is 10.4 Å². The highest BCUT2D eigenvalue weighted by atomic mass is 19.4. The highest BCUT2D eigenvalue weighted by molar-refractivity contribution is 5.49. The average molecular weight is 363 g/mol. The first kappa shape index (κ1) is 18.0. The second-order valence-electron chi connectivity index (χ2n) is 6.02. The number of aryl methyl sites for hydroxylation is 2. The van der Waals surface area contributed by atoms with E-state index in [1.165, 1.54) is 10.7 Å². The van der Waals surface area contributed by atoms with Crippen LogP contribution in [0.5, 0.6) is 0 Å². The van der Waals surface area contributed by atoms with Crippen molar-refractivity contribution in [2.75, 3.05) is 5.32 Å². The molecule has 1 heterocycles. The van der Waals surface area contributed by atoms with Crippen LogP contribution in [0.15, 0.2) is 48.5 Å². The van der Waals surface area contributed by atoms with Gasteiger partial charge < -0.3 is 5.32 Å². The molecule has 0 bridgehead atoms. The van der Waals surface area contributed by atoms with Crippen LogP contribution < -0.4 is 5.32 Å². The van der Waals surface area contributed by atoms with E-state index in [9.17, 15) is 17.6 Å². The molecule has 0 atom stereocenters. The standard InChI is InChI=1S/C19H17F4N3/c1-12-4-3-5-17(20)16(12)11-24-14-6-8-15(9-7-14)26-13(2)10-18(25-26)19(21,22)23/h3-10,24H,11H2,1-2H3. The monoisotopic (exact) mass is 363 g/mol. The second kappa shape index (κ2) is 6.82. The summed E-state index contributed by atoms with van der Waals surface area (Å²) in [5, 5.41) is 6.74. The number of halogens is 4. The zero-order valence-electron chi connectivity index (χ0n) is 14.2. The van der Waals surface area contributed by atoms with Crippen molar-refractivity contribution in [2.24, 2.45) is 0 Å². The van der Waals surface area contributed by atoms with Crippen LogP contribution in [-0.2, 0) is 12.7 Å². The molecule has 0 radical (unpaired) electrons. The SMILES string of the molecule is Cc1cccc(F)c1CNc1ccc(-n2nc(C(F)(F)F)cc2C)cc1. The van der Waals surface area contributed by atoms with E-state index in [4.69, 9.17) is 0 Å². The molecule has 3 nitrogen and oxygen atoms in total. The van der Waals surface area contributed by atoms with Crippen molar-refractivity contribution in [3.05, 3.63) is 76.9 Å². The largest absolute Gasteiger partial charge is 0.435 e. The van der Waals surface area contributed by atoms with Crippen molar-refractivity contribution in [2.45, 2.75) is 26.6 Å². The molecular weight excluding hydrogens is 346 g/mol. The fourth-order valence-electron chi connectivity index (χ4n) is 2.68. The lowest BCUT2D eigenvalue weighted by Gasteiger charge is -2.11. The van der Waals surface area contributed by atoms with E-state index < -0.39 is 11.9 Å². The van der Waals surface area contributed by atoms with Gasteiger partial charge in [0.15, 0.2) is 5.69 Å². The van der Waals surface area contributed by atoms with Gasteiger partial charge >= 0.3 is 6.18 Å². The Morgan fingerprint density at radius 3 is 2.31 bits per heavy atom. The number of hydrogen-bond acceptors (Lipinski definition) is 2. The van der Waals surface area contributed by atoms with Crippen LogP contribution in [0.25, 0.3) is 5.69 Å². The molecule has 0 unspecified atom stereocenters.